The molecule has 1 aromatic heterocycles. The summed E-state index contributed by atoms with van der Waals surface area (Å²) in [5.41, 5.74) is 3.66. The quantitative estimate of drug-likeness (QED) is 0.705. The highest BCUT2D eigenvalue weighted by molar-refractivity contribution is 6.04. The molecule has 4 rings (SSSR count). The largest absolute Gasteiger partial charge is 0.467 e. The van der Waals surface area contributed by atoms with Crippen LogP contribution in [-0.4, -0.2) is 16.6 Å². The van der Waals surface area contributed by atoms with E-state index in [1.807, 2.05) is 73.7 Å². The van der Waals surface area contributed by atoms with Crippen molar-refractivity contribution in [2.24, 2.45) is 5.10 Å². The summed E-state index contributed by atoms with van der Waals surface area (Å²) in [4.78, 5) is 13.0. The summed E-state index contributed by atoms with van der Waals surface area (Å²) >= 11 is 0. The van der Waals surface area contributed by atoms with Crippen molar-refractivity contribution in [3.8, 4) is 0 Å². The van der Waals surface area contributed by atoms with Crippen LogP contribution in [0.5, 0.6) is 0 Å². The molecule has 1 aliphatic heterocycles. The molecule has 2 aromatic carbocycles. The molecular weight excluding hydrogens is 312 g/mol. The highest BCUT2D eigenvalue weighted by Gasteiger charge is 2.35. The van der Waals surface area contributed by atoms with Crippen LogP contribution in [0.4, 0.5) is 0 Å². The van der Waals surface area contributed by atoms with E-state index in [1.165, 1.54) is 0 Å². The van der Waals surface area contributed by atoms with Gasteiger partial charge in [0, 0.05) is 12.0 Å². The first-order valence-corrected chi connectivity index (χ1v) is 8.29. The van der Waals surface area contributed by atoms with Crippen molar-refractivity contribution in [1.29, 1.82) is 0 Å². The van der Waals surface area contributed by atoms with E-state index in [-0.39, 0.29) is 11.9 Å². The molecule has 0 bridgehead atoms. The van der Waals surface area contributed by atoms with E-state index in [0.717, 1.165) is 22.6 Å². The van der Waals surface area contributed by atoms with Gasteiger partial charge in [-0.3, -0.25) is 4.79 Å². The molecule has 0 N–H and O–H groups in total. The third kappa shape index (κ3) is 2.98. The summed E-state index contributed by atoms with van der Waals surface area (Å²) < 4.78 is 5.57. The van der Waals surface area contributed by atoms with Gasteiger partial charge in [-0.05, 0) is 36.8 Å². The molecule has 0 radical (unpaired) electrons. The Morgan fingerprint density at radius 3 is 2.48 bits per heavy atom. The molecule has 0 unspecified atom stereocenters. The van der Waals surface area contributed by atoms with Crippen LogP contribution >= 0.6 is 0 Å². The van der Waals surface area contributed by atoms with Gasteiger partial charge in [0.15, 0.2) is 0 Å². The Bertz CT molecular complexity index is 897. The second-order valence-electron chi connectivity index (χ2n) is 6.16. The van der Waals surface area contributed by atoms with Crippen molar-refractivity contribution in [3.05, 3.63) is 95.4 Å². The van der Waals surface area contributed by atoms with E-state index in [2.05, 4.69) is 5.10 Å². The maximum absolute atomic E-state index is 13.0. The predicted molar refractivity (Wildman–Crippen MR) is 96.4 cm³/mol. The van der Waals surface area contributed by atoms with Gasteiger partial charge in [0.25, 0.3) is 5.91 Å². The molecule has 124 valence electrons. The van der Waals surface area contributed by atoms with Crippen LogP contribution < -0.4 is 0 Å². The number of benzene rings is 2. The number of hydrogen-bond donors (Lipinski definition) is 0. The van der Waals surface area contributed by atoms with Gasteiger partial charge in [0.2, 0.25) is 0 Å². The van der Waals surface area contributed by atoms with Crippen LogP contribution in [0.2, 0.25) is 0 Å². The summed E-state index contributed by atoms with van der Waals surface area (Å²) in [6.45, 7) is 2.00. The minimum absolute atomic E-state index is 0.118. The van der Waals surface area contributed by atoms with Gasteiger partial charge in [0.1, 0.15) is 11.8 Å². The number of hydrogen-bond acceptors (Lipinski definition) is 3. The molecule has 0 saturated carbocycles. The third-order valence-electron chi connectivity index (χ3n) is 4.40. The van der Waals surface area contributed by atoms with Crippen LogP contribution in [0.25, 0.3) is 0 Å². The van der Waals surface area contributed by atoms with E-state index in [9.17, 15) is 4.79 Å². The number of amides is 1. The maximum Gasteiger partial charge on any atom is 0.274 e. The second kappa shape index (κ2) is 6.40. The molecule has 0 aliphatic carbocycles. The summed E-state index contributed by atoms with van der Waals surface area (Å²) in [5, 5.41) is 6.18. The van der Waals surface area contributed by atoms with Gasteiger partial charge in [-0.2, -0.15) is 5.10 Å². The lowest BCUT2D eigenvalue weighted by Gasteiger charge is -2.20. The number of furan rings is 1. The summed E-state index contributed by atoms with van der Waals surface area (Å²) in [6, 6.07) is 21.0. The number of hydrazone groups is 1. The van der Waals surface area contributed by atoms with Gasteiger partial charge < -0.3 is 4.42 Å². The van der Waals surface area contributed by atoms with Crippen molar-refractivity contribution in [2.45, 2.75) is 19.4 Å². The maximum atomic E-state index is 13.0. The van der Waals surface area contributed by atoms with Crippen LogP contribution in [0, 0.1) is 6.92 Å². The SMILES string of the molecule is Cc1ccc(C(=O)N2N=C(c3ccccc3)C[C@H]2c2ccco2)cc1. The summed E-state index contributed by atoms with van der Waals surface area (Å²) in [6.07, 6.45) is 2.26. The normalized spacial score (nSPS) is 16.8. The molecule has 0 spiro atoms. The highest BCUT2D eigenvalue weighted by atomic mass is 16.3. The monoisotopic (exact) mass is 330 g/mol. The predicted octanol–water partition coefficient (Wildman–Crippen LogP) is 4.58. The Morgan fingerprint density at radius 2 is 1.80 bits per heavy atom. The second-order valence-corrected chi connectivity index (χ2v) is 6.16. The zero-order valence-corrected chi connectivity index (χ0v) is 13.9. The molecule has 3 aromatic rings. The molecule has 0 saturated heterocycles. The van der Waals surface area contributed by atoms with Crippen molar-refractivity contribution in [2.75, 3.05) is 0 Å². The molecule has 1 aliphatic rings. The van der Waals surface area contributed by atoms with Gasteiger partial charge in [-0.1, -0.05) is 48.0 Å². The van der Waals surface area contributed by atoms with Gasteiger partial charge >= 0.3 is 0 Å². The lowest BCUT2D eigenvalue weighted by Crippen LogP contribution is -2.26. The number of aryl methyl sites for hydroxylation is 1. The van der Waals surface area contributed by atoms with E-state index in [1.54, 1.807) is 11.3 Å². The van der Waals surface area contributed by atoms with Crippen molar-refractivity contribution in [3.63, 3.8) is 0 Å². The summed E-state index contributed by atoms with van der Waals surface area (Å²) in [5.74, 6) is 0.627. The van der Waals surface area contributed by atoms with Crippen LogP contribution in [0.3, 0.4) is 0 Å². The molecule has 4 heteroatoms. The van der Waals surface area contributed by atoms with E-state index in [0.29, 0.717) is 12.0 Å². The first-order chi connectivity index (χ1) is 12.2. The minimum Gasteiger partial charge on any atom is -0.467 e. The Morgan fingerprint density at radius 1 is 1.04 bits per heavy atom. The number of nitrogens with zero attached hydrogens (tertiary/aromatic N) is 2. The fourth-order valence-corrected chi connectivity index (χ4v) is 3.03. The minimum atomic E-state index is -0.223. The average Bonchev–Trinajstić information content (AvgIpc) is 3.32. The molecule has 1 amide bonds. The van der Waals surface area contributed by atoms with Crippen LogP contribution in [0.15, 0.2) is 82.5 Å². The van der Waals surface area contributed by atoms with Gasteiger partial charge in [-0.15, -0.1) is 0 Å². The van der Waals surface area contributed by atoms with Crippen molar-refractivity contribution >= 4 is 11.6 Å². The fraction of sp³-hybridized carbons (Fsp3) is 0.143. The number of carbonyl (C=O) groups is 1. The molecule has 25 heavy (non-hydrogen) atoms. The molecule has 0 fully saturated rings. The standard InChI is InChI=1S/C21H18N2O2/c1-15-9-11-17(12-10-15)21(24)23-19(20-8-5-13-25-20)14-18(22-23)16-6-3-2-4-7-16/h2-13,19H,14H2,1H3/t19-/m0/s1. The highest BCUT2D eigenvalue weighted by Crippen LogP contribution is 2.34. The smallest absolute Gasteiger partial charge is 0.274 e. The lowest BCUT2D eigenvalue weighted by molar-refractivity contribution is 0.0693. The van der Waals surface area contributed by atoms with E-state index in [4.69, 9.17) is 4.42 Å². The Balaban J connectivity index is 1.71. The molecule has 4 nitrogen and oxygen atoms in total. The first kappa shape index (κ1) is 15.4. The third-order valence-corrected chi connectivity index (χ3v) is 4.40. The van der Waals surface area contributed by atoms with Crippen molar-refractivity contribution < 1.29 is 9.21 Å². The number of rotatable bonds is 3. The molecule has 1 atom stereocenters. The first-order valence-electron chi connectivity index (χ1n) is 8.29. The van der Waals surface area contributed by atoms with E-state index >= 15 is 0 Å². The Hall–Kier alpha value is -3.14. The molecule has 2 heterocycles. The zero-order valence-electron chi connectivity index (χ0n) is 13.9. The Labute approximate surface area is 146 Å². The van der Waals surface area contributed by atoms with Gasteiger partial charge in [0.05, 0.1) is 12.0 Å². The van der Waals surface area contributed by atoms with Crippen molar-refractivity contribution in [1.82, 2.24) is 5.01 Å². The van der Waals surface area contributed by atoms with Crippen LogP contribution in [-0.2, 0) is 0 Å². The number of carbonyl (C=O) groups excluding carboxylic acids is 1. The topological polar surface area (TPSA) is 45.8 Å². The zero-order chi connectivity index (χ0) is 17.2. The summed E-state index contributed by atoms with van der Waals surface area (Å²) in [7, 11) is 0. The van der Waals surface area contributed by atoms with Crippen LogP contribution in [0.1, 0.15) is 39.7 Å². The fourth-order valence-electron chi connectivity index (χ4n) is 3.03. The Kier molecular flexibility index (Phi) is 3.94. The molecular formula is C21H18N2O2. The lowest BCUT2D eigenvalue weighted by atomic mass is 10.0. The van der Waals surface area contributed by atoms with Gasteiger partial charge in [-0.25, -0.2) is 5.01 Å². The average molecular weight is 330 g/mol. The van der Waals surface area contributed by atoms with E-state index < -0.39 is 0 Å².